The van der Waals surface area contributed by atoms with Crippen molar-refractivity contribution in [1.29, 1.82) is 0 Å². The summed E-state index contributed by atoms with van der Waals surface area (Å²) in [6.45, 7) is 5.24. The average Bonchev–Trinajstić information content (AvgIpc) is 2.74. The molecule has 1 fully saturated rings. The number of nitrogens with one attached hydrogen (secondary N) is 1. The highest BCUT2D eigenvalue weighted by atomic mass is 79.9. The van der Waals surface area contributed by atoms with Gasteiger partial charge in [-0.1, -0.05) is 12.1 Å². The van der Waals surface area contributed by atoms with Crippen molar-refractivity contribution >= 4 is 26.9 Å². The van der Waals surface area contributed by atoms with Crippen LogP contribution in [0.1, 0.15) is 5.76 Å². The van der Waals surface area contributed by atoms with Crippen molar-refractivity contribution in [3.8, 4) is 0 Å². The molecule has 0 saturated carbocycles. The summed E-state index contributed by atoms with van der Waals surface area (Å²) in [5.74, 6) is 1.05. The van der Waals surface area contributed by atoms with Gasteiger partial charge < -0.3 is 9.73 Å². The SMILES string of the molecule is Brc1cccc2cc(CN3CCNCC3)oc12. The molecule has 3 nitrogen and oxygen atoms in total. The lowest BCUT2D eigenvalue weighted by molar-refractivity contribution is 0.218. The molecule has 1 aliphatic heterocycles. The van der Waals surface area contributed by atoms with Crippen LogP contribution in [0.4, 0.5) is 0 Å². The van der Waals surface area contributed by atoms with E-state index in [4.69, 9.17) is 4.42 Å². The Hall–Kier alpha value is -0.840. The lowest BCUT2D eigenvalue weighted by Gasteiger charge is -2.26. The molecular formula is C13H15BrN2O. The first-order chi connectivity index (χ1) is 8.33. The van der Waals surface area contributed by atoms with Crippen molar-refractivity contribution in [2.24, 2.45) is 0 Å². The number of halogens is 1. The van der Waals surface area contributed by atoms with E-state index in [1.165, 1.54) is 5.39 Å². The topological polar surface area (TPSA) is 28.4 Å². The molecule has 17 heavy (non-hydrogen) atoms. The van der Waals surface area contributed by atoms with E-state index in [2.05, 4.69) is 38.3 Å². The van der Waals surface area contributed by atoms with Gasteiger partial charge in [0.15, 0.2) is 0 Å². The Balaban J connectivity index is 1.83. The highest BCUT2D eigenvalue weighted by Gasteiger charge is 2.13. The van der Waals surface area contributed by atoms with Crippen LogP contribution < -0.4 is 5.32 Å². The Morgan fingerprint density at radius 1 is 1.29 bits per heavy atom. The zero-order chi connectivity index (χ0) is 11.7. The van der Waals surface area contributed by atoms with Gasteiger partial charge in [0.05, 0.1) is 11.0 Å². The van der Waals surface area contributed by atoms with Crippen LogP contribution in [-0.4, -0.2) is 31.1 Å². The molecule has 4 heteroatoms. The van der Waals surface area contributed by atoms with Gasteiger partial charge in [-0.25, -0.2) is 0 Å². The van der Waals surface area contributed by atoms with Gasteiger partial charge in [0.1, 0.15) is 11.3 Å². The van der Waals surface area contributed by atoms with E-state index in [9.17, 15) is 0 Å². The second-order valence-electron chi connectivity index (χ2n) is 4.40. The summed E-state index contributed by atoms with van der Waals surface area (Å²) in [4.78, 5) is 2.42. The van der Waals surface area contributed by atoms with Gasteiger partial charge in [-0.15, -0.1) is 0 Å². The molecule has 1 N–H and O–H groups in total. The lowest BCUT2D eigenvalue weighted by Crippen LogP contribution is -2.42. The Morgan fingerprint density at radius 3 is 2.88 bits per heavy atom. The fourth-order valence-corrected chi connectivity index (χ4v) is 2.71. The normalized spacial score (nSPS) is 17.7. The van der Waals surface area contributed by atoms with Crippen LogP contribution in [0.5, 0.6) is 0 Å². The maximum absolute atomic E-state index is 5.89. The molecule has 0 atom stereocenters. The number of fused-ring (bicyclic) bond motifs is 1. The minimum atomic E-state index is 0.906. The molecule has 2 aromatic rings. The number of hydrogen-bond acceptors (Lipinski definition) is 3. The van der Waals surface area contributed by atoms with Crippen molar-refractivity contribution in [3.63, 3.8) is 0 Å². The fourth-order valence-electron chi connectivity index (χ4n) is 2.25. The maximum atomic E-state index is 5.89. The number of nitrogens with zero attached hydrogens (tertiary/aromatic N) is 1. The van der Waals surface area contributed by atoms with Crippen molar-refractivity contribution in [3.05, 3.63) is 34.5 Å². The second-order valence-corrected chi connectivity index (χ2v) is 5.25. The molecule has 1 aliphatic rings. The standard InChI is InChI=1S/C13H15BrN2O/c14-12-3-1-2-10-8-11(17-13(10)12)9-16-6-4-15-5-7-16/h1-3,8,15H,4-7,9H2. The summed E-state index contributed by atoms with van der Waals surface area (Å²) in [6.07, 6.45) is 0. The van der Waals surface area contributed by atoms with Crippen LogP contribution >= 0.6 is 15.9 Å². The summed E-state index contributed by atoms with van der Waals surface area (Å²) in [6, 6.07) is 8.28. The Bertz CT molecular complexity index is 517. The lowest BCUT2D eigenvalue weighted by atomic mass is 10.2. The third-order valence-electron chi connectivity index (χ3n) is 3.14. The largest absolute Gasteiger partial charge is 0.459 e. The van der Waals surface area contributed by atoms with Gasteiger partial charge in [-0.2, -0.15) is 0 Å². The predicted octanol–water partition coefficient (Wildman–Crippen LogP) is 2.60. The summed E-state index contributed by atoms with van der Waals surface area (Å²) in [5.41, 5.74) is 0.956. The number of para-hydroxylation sites is 1. The molecule has 0 bridgehead atoms. The Labute approximate surface area is 109 Å². The maximum Gasteiger partial charge on any atom is 0.148 e. The molecule has 0 unspecified atom stereocenters. The molecular weight excluding hydrogens is 280 g/mol. The zero-order valence-electron chi connectivity index (χ0n) is 9.58. The predicted molar refractivity (Wildman–Crippen MR) is 72.1 cm³/mol. The minimum Gasteiger partial charge on any atom is -0.459 e. The molecule has 0 aliphatic carbocycles. The number of hydrogen-bond donors (Lipinski definition) is 1. The molecule has 1 aromatic heterocycles. The van der Waals surface area contributed by atoms with E-state index >= 15 is 0 Å². The van der Waals surface area contributed by atoms with Gasteiger partial charge in [0.25, 0.3) is 0 Å². The summed E-state index contributed by atoms with van der Waals surface area (Å²) < 4.78 is 6.92. The van der Waals surface area contributed by atoms with Gasteiger partial charge in [0.2, 0.25) is 0 Å². The van der Waals surface area contributed by atoms with Crippen LogP contribution in [-0.2, 0) is 6.54 Å². The monoisotopic (exact) mass is 294 g/mol. The van der Waals surface area contributed by atoms with Crippen LogP contribution in [0, 0.1) is 0 Å². The van der Waals surface area contributed by atoms with Crippen molar-refractivity contribution < 1.29 is 4.42 Å². The first kappa shape index (κ1) is 11.3. The molecule has 0 amide bonds. The third kappa shape index (κ3) is 2.39. The highest BCUT2D eigenvalue weighted by Crippen LogP contribution is 2.27. The van der Waals surface area contributed by atoms with E-state index < -0.39 is 0 Å². The van der Waals surface area contributed by atoms with Crippen LogP contribution in [0.3, 0.4) is 0 Å². The van der Waals surface area contributed by atoms with Crippen LogP contribution in [0.15, 0.2) is 33.2 Å². The molecule has 0 spiro atoms. The average molecular weight is 295 g/mol. The van der Waals surface area contributed by atoms with Gasteiger partial charge >= 0.3 is 0 Å². The number of furan rings is 1. The van der Waals surface area contributed by atoms with E-state index in [-0.39, 0.29) is 0 Å². The van der Waals surface area contributed by atoms with Crippen molar-refractivity contribution in [2.75, 3.05) is 26.2 Å². The van der Waals surface area contributed by atoms with E-state index in [1.54, 1.807) is 0 Å². The molecule has 3 rings (SSSR count). The van der Waals surface area contributed by atoms with Crippen LogP contribution in [0.2, 0.25) is 0 Å². The zero-order valence-corrected chi connectivity index (χ0v) is 11.2. The molecule has 0 radical (unpaired) electrons. The molecule has 1 aromatic carbocycles. The molecule has 1 saturated heterocycles. The quantitative estimate of drug-likeness (QED) is 0.923. The van der Waals surface area contributed by atoms with Gasteiger partial charge in [-0.3, -0.25) is 4.90 Å². The van der Waals surface area contributed by atoms with Gasteiger partial charge in [0, 0.05) is 31.6 Å². The van der Waals surface area contributed by atoms with Crippen molar-refractivity contribution in [2.45, 2.75) is 6.54 Å². The van der Waals surface area contributed by atoms with E-state index in [0.29, 0.717) is 0 Å². The van der Waals surface area contributed by atoms with Crippen LogP contribution in [0.25, 0.3) is 11.0 Å². The van der Waals surface area contributed by atoms with Crippen molar-refractivity contribution in [1.82, 2.24) is 10.2 Å². The summed E-state index contributed by atoms with van der Waals surface area (Å²) in [5, 5.41) is 4.53. The number of piperazine rings is 1. The fraction of sp³-hybridized carbons (Fsp3) is 0.385. The van der Waals surface area contributed by atoms with E-state index in [1.807, 2.05) is 12.1 Å². The number of benzene rings is 1. The highest BCUT2D eigenvalue weighted by molar-refractivity contribution is 9.10. The second kappa shape index (κ2) is 4.80. The minimum absolute atomic E-state index is 0.906. The first-order valence-corrected chi connectivity index (χ1v) is 6.72. The smallest absolute Gasteiger partial charge is 0.148 e. The van der Waals surface area contributed by atoms with E-state index in [0.717, 1.165) is 48.5 Å². The number of rotatable bonds is 2. The Morgan fingerprint density at radius 2 is 2.12 bits per heavy atom. The first-order valence-electron chi connectivity index (χ1n) is 5.93. The summed E-state index contributed by atoms with van der Waals surface area (Å²) >= 11 is 3.52. The summed E-state index contributed by atoms with van der Waals surface area (Å²) in [7, 11) is 0. The molecule has 2 heterocycles. The Kier molecular flexibility index (Phi) is 3.18. The van der Waals surface area contributed by atoms with Gasteiger partial charge in [-0.05, 0) is 28.1 Å². The molecule has 90 valence electrons. The third-order valence-corrected chi connectivity index (χ3v) is 3.76.